The maximum absolute atomic E-state index is 13.3. The van der Waals surface area contributed by atoms with Crippen LogP contribution in [0.25, 0.3) is 0 Å². The number of benzene rings is 1. The largest absolute Gasteiger partial charge is 0.386 e. The Kier molecular flexibility index (Phi) is 6.04. The molecule has 3 heteroatoms. The maximum atomic E-state index is 13.3. The average molecular weight is 226 g/mol. The van der Waals surface area contributed by atoms with Gasteiger partial charge in [0.2, 0.25) is 0 Å². The Morgan fingerprint density at radius 2 is 2.06 bits per heavy atom. The third-order valence-corrected chi connectivity index (χ3v) is 2.43. The van der Waals surface area contributed by atoms with Gasteiger partial charge in [0.1, 0.15) is 11.9 Å². The van der Waals surface area contributed by atoms with Crippen molar-refractivity contribution >= 4 is 0 Å². The first-order valence-electron chi connectivity index (χ1n) is 5.76. The molecule has 0 fully saturated rings. The fourth-order valence-electron chi connectivity index (χ4n) is 1.48. The van der Waals surface area contributed by atoms with Gasteiger partial charge in [0.05, 0.1) is 6.61 Å². The molecule has 2 nitrogen and oxygen atoms in total. The number of aliphatic hydroxyl groups is 1. The minimum Gasteiger partial charge on any atom is -0.386 e. The molecule has 1 aromatic carbocycles. The van der Waals surface area contributed by atoms with E-state index in [1.807, 2.05) is 0 Å². The minimum absolute atomic E-state index is 0.157. The smallest absolute Gasteiger partial charge is 0.129 e. The lowest BCUT2D eigenvalue weighted by Crippen LogP contribution is -2.09. The third kappa shape index (κ3) is 4.29. The fourth-order valence-corrected chi connectivity index (χ4v) is 1.48. The van der Waals surface area contributed by atoms with Gasteiger partial charge in [-0.25, -0.2) is 4.39 Å². The van der Waals surface area contributed by atoms with E-state index in [9.17, 15) is 9.50 Å². The lowest BCUT2D eigenvalue weighted by atomic mass is 10.1. The van der Waals surface area contributed by atoms with E-state index in [2.05, 4.69) is 6.92 Å². The van der Waals surface area contributed by atoms with Crippen LogP contribution in [0.5, 0.6) is 0 Å². The summed E-state index contributed by atoms with van der Waals surface area (Å²) in [6, 6.07) is 6.23. The van der Waals surface area contributed by atoms with E-state index in [0.717, 1.165) is 19.3 Å². The van der Waals surface area contributed by atoms with Crippen molar-refractivity contribution in [2.24, 2.45) is 0 Å². The molecule has 0 aliphatic rings. The molecule has 0 radical (unpaired) electrons. The number of hydrogen-bond acceptors (Lipinski definition) is 2. The summed E-state index contributed by atoms with van der Waals surface area (Å²) in [5.41, 5.74) is 0.304. The molecule has 0 amide bonds. The molecule has 1 atom stereocenters. The zero-order chi connectivity index (χ0) is 11.8. The Bertz CT molecular complexity index is 302. The Morgan fingerprint density at radius 1 is 1.31 bits per heavy atom. The highest BCUT2D eigenvalue weighted by atomic mass is 19.1. The van der Waals surface area contributed by atoms with Crippen LogP contribution in [0.15, 0.2) is 24.3 Å². The third-order valence-electron chi connectivity index (χ3n) is 2.43. The molecule has 0 saturated heterocycles. The highest BCUT2D eigenvalue weighted by Gasteiger charge is 2.11. The number of halogens is 1. The SMILES string of the molecule is CCCCCOCC(O)c1ccccc1F. The van der Waals surface area contributed by atoms with E-state index in [1.54, 1.807) is 18.2 Å². The molecule has 0 aliphatic carbocycles. The quantitative estimate of drug-likeness (QED) is 0.724. The van der Waals surface area contributed by atoms with E-state index >= 15 is 0 Å². The summed E-state index contributed by atoms with van der Waals surface area (Å²) in [5, 5.41) is 9.69. The lowest BCUT2D eigenvalue weighted by Gasteiger charge is -2.12. The highest BCUT2D eigenvalue weighted by molar-refractivity contribution is 5.19. The number of ether oxygens (including phenoxy) is 1. The molecule has 1 N–H and O–H groups in total. The standard InChI is InChI=1S/C13H19FO2/c1-2-3-6-9-16-10-13(15)11-7-4-5-8-12(11)14/h4-5,7-8,13,15H,2-3,6,9-10H2,1H3. The second kappa shape index (κ2) is 7.36. The van der Waals surface area contributed by atoms with E-state index in [-0.39, 0.29) is 12.4 Å². The van der Waals surface area contributed by atoms with Gasteiger partial charge in [0.25, 0.3) is 0 Å². The van der Waals surface area contributed by atoms with Gasteiger partial charge in [-0.2, -0.15) is 0 Å². The van der Waals surface area contributed by atoms with Crippen LogP contribution in [0.2, 0.25) is 0 Å². The van der Waals surface area contributed by atoms with Crippen LogP contribution in [0.4, 0.5) is 4.39 Å². The van der Waals surface area contributed by atoms with Crippen molar-refractivity contribution in [3.63, 3.8) is 0 Å². The van der Waals surface area contributed by atoms with Crippen LogP contribution >= 0.6 is 0 Å². The fraction of sp³-hybridized carbons (Fsp3) is 0.538. The van der Waals surface area contributed by atoms with E-state index in [4.69, 9.17) is 4.74 Å². The average Bonchev–Trinajstić information content (AvgIpc) is 2.29. The summed E-state index contributed by atoms with van der Waals surface area (Å²) in [7, 11) is 0. The van der Waals surface area contributed by atoms with Gasteiger partial charge in [-0.05, 0) is 12.5 Å². The van der Waals surface area contributed by atoms with Crippen LogP contribution in [-0.4, -0.2) is 18.3 Å². The summed E-state index contributed by atoms with van der Waals surface area (Å²) < 4.78 is 18.5. The van der Waals surface area contributed by atoms with Gasteiger partial charge < -0.3 is 9.84 Å². The molecule has 16 heavy (non-hydrogen) atoms. The highest BCUT2D eigenvalue weighted by Crippen LogP contribution is 2.16. The topological polar surface area (TPSA) is 29.5 Å². The van der Waals surface area contributed by atoms with E-state index in [1.165, 1.54) is 6.07 Å². The van der Waals surface area contributed by atoms with Crippen LogP contribution in [0.3, 0.4) is 0 Å². The van der Waals surface area contributed by atoms with Gasteiger partial charge in [-0.15, -0.1) is 0 Å². The molecule has 90 valence electrons. The Morgan fingerprint density at radius 3 is 2.75 bits per heavy atom. The maximum Gasteiger partial charge on any atom is 0.129 e. The Balaban J connectivity index is 2.30. The van der Waals surface area contributed by atoms with Gasteiger partial charge in [0.15, 0.2) is 0 Å². The van der Waals surface area contributed by atoms with Crippen molar-refractivity contribution in [1.82, 2.24) is 0 Å². The summed E-state index contributed by atoms with van der Waals surface area (Å²) >= 11 is 0. The number of aliphatic hydroxyl groups excluding tert-OH is 1. The normalized spacial score (nSPS) is 12.7. The zero-order valence-corrected chi connectivity index (χ0v) is 9.66. The summed E-state index contributed by atoms with van der Waals surface area (Å²) in [5.74, 6) is -0.382. The van der Waals surface area contributed by atoms with E-state index in [0.29, 0.717) is 12.2 Å². The molecule has 0 saturated carbocycles. The summed E-state index contributed by atoms with van der Waals surface area (Å²) in [4.78, 5) is 0. The zero-order valence-electron chi connectivity index (χ0n) is 9.66. The molecule has 0 spiro atoms. The molecular weight excluding hydrogens is 207 g/mol. The molecule has 1 unspecified atom stereocenters. The molecule has 1 aromatic rings. The number of rotatable bonds is 7. The summed E-state index contributed by atoms with van der Waals surface area (Å²) in [6.07, 6.45) is 2.37. The molecule has 1 rings (SSSR count). The van der Waals surface area contributed by atoms with Crippen LogP contribution in [0.1, 0.15) is 37.9 Å². The van der Waals surface area contributed by atoms with Crippen LogP contribution < -0.4 is 0 Å². The molecule has 0 heterocycles. The first kappa shape index (κ1) is 13.1. The predicted molar refractivity (Wildman–Crippen MR) is 61.7 cm³/mol. The minimum atomic E-state index is -0.872. The van der Waals surface area contributed by atoms with Crippen LogP contribution in [0, 0.1) is 5.82 Å². The van der Waals surface area contributed by atoms with Gasteiger partial charge in [0, 0.05) is 12.2 Å². The second-order valence-electron chi connectivity index (χ2n) is 3.82. The first-order chi connectivity index (χ1) is 7.75. The van der Waals surface area contributed by atoms with Crippen molar-refractivity contribution in [1.29, 1.82) is 0 Å². The van der Waals surface area contributed by atoms with Crippen molar-refractivity contribution in [3.8, 4) is 0 Å². The molecular formula is C13H19FO2. The van der Waals surface area contributed by atoms with Gasteiger partial charge >= 0.3 is 0 Å². The Hall–Kier alpha value is -0.930. The monoisotopic (exact) mass is 226 g/mol. The second-order valence-corrected chi connectivity index (χ2v) is 3.82. The predicted octanol–water partition coefficient (Wildman–Crippen LogP) is 3.07. The lowest BCUT2D eigenvalue weighted by molar-refractivity contribution is 0.0328. The molecule has 0 aromatic heterocycles. The van der Waals surface area contributed by atoms with Gasteiger partial charge in [-0.3, -0.25) is 0 Å². The van der Waals surface area contributed by atoms with Gasteiger partial charge in [-0.1, -0.05) is 38.0 Å². The molecule has 0 bridgehead atoms. The van der Waals surface area contributed by atoms with Crippen molar-refractivity contribution < 1.29 is 14.2 Å². The van der Waals surface area contributed by atoms with E-state index < -0.39 is 6.10 Å². The van der Waals surface area contributed by atoms with Crippen molar-refractivity contribution in [2.75, 3.05) is 13.2 Å². The van der Waals surface area contributed by atoms with Crippen LogP contribution in [-0.2, 0) is 4.74 Å². The number of unbranched alkanes of at least 4 members (excludes halogenated alkanes) is 2. The Labute approximate surface area is 96.1 Å². The summed E-state index contributed by atoms with van der Waals surface area (Å²) in [6.45, 7) is 2.90. The first-order valence-corrected chi connectivity index (χ1v) is 5.76. The van der Waals surface area contributed by atoms with Crippen molar-refractivity contribution in [3.05, 3.63) is 35.6 Å². The number of hydrogen-bond donors (Lipinski definition) is 1. The van der Waals surface area contributed by atoms with Crippen molar-refractivity contribution in [2.45, 2.75) is 32.3 Å². The molecule has 0 aliphatic heterocycles.